The van der Waals surface area contributed by atoms with Crippen LogP contribution in [-0.2, 0) is 0 Å². The Kier molecular flexibility index (Phi) is 6.89. The van der Waals surface area contributed by atoms with Gasteiger partial charge < -0.3 is 4.74 Å². The molecular formula is C25H26ClNO. The van der Waals surface area contributed by atoms with E-state index in [1.165, 1.54) is 16.7 Å². The van der Waals surface area contributed by atoms with Crippen molar-refractivity contribution in [1.82, 2.24) is 4.98 Å². The fourth-order valence-electron chi connectivity index (χ4n) is 3.57. The van der Waals surface area contributed by atoms with Gasteiger partial charge >= 0.3 is 0 Å². The molecule has 1 atom stereocenters. The van der Waals surface area contributed by atoms with Crippen LogP contribution < -0.4 is 4.74 Å². The van der Waals surface area contributed by atoms with Crippen LogP contribution in [0.5, 0.6) is 5.88 Å². The Labute approximate surface area is 172 Å². The molecule has 0 fully saturated rings. The van der Waals surface area contributed by atoms with Gasteiger partial charge in [-0.25, -0.2) is 4.98 Å². The first-order valence-electron chi connectivity index (χ1n) is 9.68. The molecule has 0 aliphatic carbocycles. The van der Waals surface area contributed by atoms with E-state index in [4.69, 9.17) is 16.3 Å². The molecule has 1 aromatic heterocycles. The number of rotatable bonds is 7. The van der Waals surface area contributed by atoms with Crippen LogP contribution in [-0.4, -0.2) is 12.1 Å². The predicted octanol–water partition coefficient (Wildman–Crippen LogP) is 7.15. The fraction of sp³-hybridized carbons (Fsp3) is 0.240. The molecule has 28 heavy (non-hydrogen) atoms. The zero-order chi connectivity index (χ0) is 19.9. The smallest absolute Gasteiger partial charge is 0.212 e. The average Bonchev–Trinajstić information content (AvgIpc) is 2.75. The fourth-order valence-corrected chi connectivity index (χ4v) is 3.70. The highest BCUT2D eigenvalue weighted by atomic mass is 35.5. The lowest BCUT2D eigenvalue weighted by molar-refractivity contribution is 0.398. The molecule has 0 N–H and O–H groups in total. The molecule has 0 saturated heterocycles. The summed E-state index contributed by atoms with van der Waals surface area (Å²) in [5.74, 6) is 0.918. The molecule has 3 rings (SSSR count). The van der Waals surface area contributed by atoms with Crippen molar-refractivity contribution in [1.29, 1.82) is 0 Å². The highest BCUT2D eigenvalue weighted by molar-refractivity contribution is 6.30. The van der Waals surface area contributed by atoms with Crippen molar-refractivity contribution >= 4 is 17.2 Å². The first-order chi connectivity index (χ1) is 13.6. The summed E-state index contributed by atoms with van der Waals surface area (Å²) >= 11 is 6.16. The third kappa shape index (κ3) is 4.63. The van der Waals surface area contributed by atoms with Gasteiger partial charge in [-0.1, -0.05) is 79.9 Å². The summed E-state index contributed by atoms with van der Waals surface area (Å²) in [7, 11) is 1.64. The molecule has 0 amide bonds. The van der Waals surface area contributed by atoms with E-state index in [9.17, 15) is 0 Å². The number of pyridine rings is 1. The van der Waals surface area contributed by atoms with Gasteiger partial charge in [-0.3, -0.25) is 0 Å². The number of benzene rings is 2. The first kappa shape index (κ1) is 20.2. The van der Waals surface area contributed by atoms with E-state index in [0.29, 0.717) is 11.8 Å². The monoisotopic (exact) mass is 391 g/mol. The Morgan fingerprint density at radius 1 is 0.964 bits per heavy atom. The van der Waals surface area contributed by atoms with Crippen LogP contribution in [0.4, 0.5) is 0 Å². The van der Waals surface area contributed by atoms with E-state index >= 15 is 0 Å². The molecule has 0 radical (unpaired) electrons. The van der Waals surface area contributed by atoms with Gasteiger partial charge in [-0.2, -0.15) is 0 Å². The van der Waals surface area contributed by atoms with Crippen molar-refractivity contribution < 1.29 is 4.74 Å². The lowest BCUT2D eigenvalue weighted by Gasteiger charge is -2.22. The predicted molar refractivity (Wildman–Crippen MR) is 118 cm³/mol. The number of allylic oxidation sites excluding steroid dienone is 1. The van der Waals surface area contributed by atoms with Gasteiger partial charge in [0.15, 0.2) is 0 Å². The van der Waals surface area contributed by atoms with Gasteiger partial charge in [0.2, 0.25) is 5.88 Å². The average molecular weight is 392 g/mol. The van der Waals surface area contributed by atoms with Gasteiger partial charge in [0, 0.05) is 28.8 Å². The van der Waals surface area contributed by atoms with Crippen molar-refractivity contribution in [3.63, 3.8) is 0 Å². The summed E-state index contributed by atoms with van der Waals surface area (Å²) in [6, 6.07) is 22.8. The first-order valence-corrected chi connectivity index (χ1v) is 10.1. The summed E-state index contributed by atoms with van der Waals surface area (Å²) < 4.78 is 5.25. The second-order valence-electron chi connectivity index (χ2n) is 6.88. The summed E-state index contributed by atoms with van der Waals surface area (Å²) in [5, 5.41) is 0.740. The summed E-state index contributed by atoms with van der Waals surface area (Å²) in [5.41, 5.74) is 6.20. The molecule has 2 nitrogen and oxygen atoms in total. The molecule has 3 heteroatoms. The number of hydrogen-bond donors (Lipinski definition) is 0. The van der Waals surface area contributed by atoms with Crippen LogP contribution in [0, 0.1) is 0 Å². The zero-order valence-corrected chi connectivity index (χ0v) is 17.4. The molecular weight excluding hydrogens is 366 g/mol. The number of methoxy groups -OCH3 is 1. The molecule has 0 aliphatic heterocycles. The largest absolute Gasteiger partial charge is 0.481 e. The zero-order valence-electron chi connectivity index (χ0n) is 16.7. The quantitative estimate of drug-likeness (QED) is 0.426. The summed E-state index contributed by atoms with van der Waals surface area (Å²) in [6.45, 7) is 4.51. The number of nitrogens with zero attached hydrogens (tertiary/aromatic N) is 1. The number of hydrogen-bond acceptors (Lipinski definition) is 2. The van der Waals surface area contributed by atoms with Crippen molar-refractivity contribution in [2.45, 2.75) is 32.6 Å². The van der Waals surface area contributed by atoms with E-state index in [0.717, 1.165) is 29.0 Å². The lowest BCUT2D eigenvalue weighted by Crippen LogP contribution is -2.04. The molecule has 0 bridgehead atoms. The second-order valence-corrected chi connectivity index (χ2v) is 7.32. The molecule has 2 aromatic carbocycles. The normalized spacial score (nSPS) is 13.0. The Morgan fingerprint density at radius 2 is 1.64 bits per heavy atom. The van der Waals surface area contributed by atoms with E-state index in [1.54, 1.807) is 7.11 Å². The third-order valence-corrected chi connectivity index (χ3v) is 5.28. The minimum atomic E-state index is 0.300. The van der Waals surface area contributed by atoms with Gasteiger partial charge in [0.05, 0.1) is 7.11 Å². The molecule has 0 saturated carbocycles. The second kappa shape index (κ2) is 9.57. The van der Waals surface area contributed by atoms with Gasteiger partial charge in [-0.05, 0) is 41.3 Å². The van der Waals surface area contributed by atoms with Gasteiger partial charge in [-0.15, -0.1) is 0 Å². The van der Waals surface area contributed by atoms with Crippen LogP contribution in [0.1, 0.15) is 49.3 Å². The van der Waals surface area contributed by atoms with Crippen LogP contribution in [0.25, 0.3) is 5.57 Å². The van der Waals surface area contributed by atoms with E-state index in [2.05, 4.69) is 67.4 Å². The van der Waals surface area contributed by atoms with Crippen LogP contribution in [0.3, 0.4) is 0 Å². The Bertz CT molecular complexity index is 915. The van der Waals surface area contributed by atoms with Crippen LogP contribution in [0.2, 0.25) is 5.02 Å². The lowest BCUT2D eigenvalue weighted by atomic mass is 9.82. The number of halogens is 1. The van der Waals surface area contributed by atoms with Crippen molar-refractivity contribution in [3.05, 3.63) is 100 Å². The summed E-state index contributed by atoms with van der Waals surface area (Å²) in [4.78, 5) is 4.45. The maximum Gasteiger partial charge on any atom is 0.212 e. The van der Waals surface area contributed by atoms with Crippen molar-refractivity contribution in [3.8, 4) is 5.88 Å². The highest BCUT2D eigenvalue weighted by Gasteiger charge is 2.19. The Hall–Kier alpha value is -2.58. The Morgan fingerprint density at radius 3 is 2.21 bits per heavy atom. The minimum absolute atomic E-state index is 0.300. The van der Waals surface area contributed by atoms with Gasteiger partial charge in [0.1, 0.15) is 0 Å². The van der Waals surface area contributed by atoms with Crippen LogP contribution in [0.15, 0.2) is 78.5 Å². The third-order valence-electron chi connectivity index (χ3n) is 5.03. The maximum absolute atomic E-state index is 6.16. The number of aromatic nitrogens is 1. The van der Waals surface area contributed by atoms with E-state index in [1.807, 2.05) is 24.4 Å². The van der Waals surface area contributed by atoms with Crippen molar-refractivity contribution in [2.24, 2.45) is 0 Å². The summed E-state index contributed by atoms with van der Waals surface area (Å²) in [6.07, 6.45) is 3.99. The molecule has 1 unspecified atom stereocenters. The number of ether oxygens (including phenoxy) is 1. The van der Waals surface area contributed by atoms with Gasteiger partial charge in [0.25, 0.3) is 0 Å². The molecule has 1 heterocycles. The van der Waals surface area contributed by atoms with E-state index < -0.39 is 0 Å². The van der Waals surface area contributed by atoms with Crippen LogP contribution >= 0.6 is 11.6 Å². The van der Waals surface area contributed by atoms with Crippen molar-refractivity contribution in [2.75, 3.05) is 7.11 Å². The highest BCUT2D eigenvalue weighted by Crippen LogP contribution is 2.37. The standard InChI is InChI=1S/C25H26ClNO/c1-4-8-23(18(2)19-9-6-5-7-10-19)25(20-11-14-22(26)15-12-20)21-13-16-24(28-3)27-17-21/h5-7,9-18H,4,8H2,1-3H3/b25-23+. The molecule has 3 aromatic rings. The molecule has 144 valence electrons. The minimum Gasteiger partial charge on any atom is -0.481 e. The maximum atomic E-state index is 6.16. The van der Waals surface area contributed by atoms with E-state index in [-0.39, 0.29) is 0 Å². The molecule has 0 aliphatic rings. The molecule has 0 spiro atoms. The topological polar surface area (TPSA) is 22.1 Å². The SMILES string of the molecule is CCC/C(=C(/c1ccc(Cl)cc1)c1ccc(OC)nc1)C(C)c1ccccc1. The Balaban J connectivity index is 2.21.